The summed E-state index contributed by atoms with van der Waals surface area (Å²) in [6.07, 6.45) is 2.13. The molecule has 2 saturated heterocycles. The van der Waals surface area contributed by atoms with Crippen LogP contribution in [0.2, 0.25) is 0 Å². The second-order valence-corrected chi connectivity index (χ2v) is 7.04. The molecular formula is C19H27N3O3. The van der Waals surface area contributed by atoms with E-state index in [0.717, 1.165) is 31.5 Å². The summed E-state index contributed by atoms with van der Waals surface area (Å²) in [7, 11) is 0. The first kappa shape index (κ1) is 17.9. The molecule has 2 aliphatic rings. The second kappa shape index (κ2) is 7.97. The predicted molar refractivity (Wildman–Crippen MR) is 95.0 cm³/mol. The summed E-state index contributed by atoms with van der Waals surface area (Å²) in [5.41, 5.74) is 2.09. The van der Waals surface area contributed by atoms with Crippen molar-refractivity contribution in [3.63, 3.8) is 0 Å². The van der Waals surface area contributed by atoms with Gasteiger partial charge in [-0.2, -0.15) is 0 Å². The van der Waals surface area contributed by atoms with Gasteiger partial charge in [-0.25, -0.2) is 0 Å². The summed E-state index contributed by atoms with van der Waals surface area (Å²) in [5.74, 6) is 0.115. The normalized spacial score (nSPS) is 20.8. The Morgan fingerprint density at radius 3 is 2.84 bits per heavy atom. The summed E-state index contributed by atoms with van der Waals surface area (Å²) < 4.78 is 5.96. The van der Waals surface area contributed by atoms with Crippen LogP contribution in [0.15, 0.2) is 24.3 Å². The van der Waals surface area contributed by atoms with E-state index in [4.69, 9.17) is 4.74 Å². The molecule has 136 valence electrons. The molecule has 2 fully saturated rings. The Bertz CT molecular complexity index is 624. The molecule has 6 heteroatoms. The second-order valence-electron chi connectivity index (χ2n) is 7.04. The van der Waals surface area contributed by atoms with E-state index in [2.05, 4.69) is 28.5 Å². The molecule has 25 heavy (non-hydrogen) atoms. The highest BCUT2D eigenvalue weighted by molar-refractivity contribution is 5.78. The van der Waals surface area contributed by atoms with E-state index in [-0.39, 0.29) is 17.4 Å². The van der Waals surface area contributed by atoms with Crippen molar-refractivity contribution in [2.24, 2.45) is 0 Å². The number of carbonyl (C=O) groups is 2. The standard InChI is InChI=1S/C19H27N3O3/c1-15-4-2-3-5-16(15)12-20-18(24)13-22-9-7-19(8-10-22)14-21-17(23)6-11-25-19/h2-5H,6-14H2,1H3,(H,20,24)(H,21,23). The third-order valence-electron chi connectivity index (χ3n) is 5.22. The number of amides is 2. The van der Waals surface area contributed by atoms with Crippen molar-refractivity contribution >= 4 is 11.8 Å². The zero-order chi connectivity index (χ0) is 17.7. The largest absolute Gasteiger partial charge is 0.373 e. The van der Waals surface area contributed by atoms with Crippen molar-refractivity contribution in [1.29, 1.82) is 0 Å². The number of nitrogens with zero attached hydrogens (tertiary/aromatic N) is 1. The minimum absolute atomic E-state index is 0.0503. The smallest absolute Gasteiger partial charge is 0.234 e. The molecule has 2 heterocycles. The van der Waals surface area contributed by atoms with Crippen molar-refractivity contribution < 1.29 is 14.3 Å². The maximum Gasteiger partial charge on any atom is 0.234 e. The Hall–Kier alpha value is -1.92. The van der Waals surface area contributed by atoms with Crippen molar-refractivity contribution in [2.45, 2.75) is 38.3 Å². The van der Waals surface area contributed by atoms with Gasteiger partial charge < -0.3 is 15.4 Å². The van der Waals surface area contributed by atoms with E-state index in [9.17, 15) is 9.59 Å². The molecular weight excluding hydrogens is 318 g/mol. The van der Waals surface area contributed by atoms with Crippen LogP contribution in [-0.4, -0.2) is 55.1 Å². The first-order chi connectivity index (χ1) is 12.1. The van der Waals surface area contributed by atoms with Gasteiger partial charge in [0.1, 0.15) is 0 Å². The molecule has 0 saturated carbocycles. The lowest BCUT2D eigenvalue weighted by molar-refractivity contribution is -0.124. The summed E-state index contributed by atoms with van der Waals surface area (Å²) >= 11 is 0. The number of rotatable bonds is 4. The molecule has 2 N–H and O–H groups in total. The third kappa shape index (κ3) is 4.80. The molecule has 0 unspecified atom stereocenters. The van der Waals surface area contributed by atoms with Crippen molar-refractivity contribution in [1.82, 2.24) is 15.5 Å². The molecule has 2 amide bonds. The lowest BCUT2D eigenvalue weighted by atomic mass is 9.91. The molecule has 0 radical (unpaired) electrons. The Morgan fingerprint density at radius 2 is 2.08 bits per heavy atom. The highest BCUT2D eigenvalue weighted by Gasteiger charge is 2.37. The molecule has 0 aliphatic carbocycles. The Morgan fingerprint density at radius 1 is 1.32 bits per heavy atom. The van der Waals surface area contributed by atoms with E-state index in [1.165, 1.54) is 5.56 Å². The molecule has 1 spiro atoms. The van der Waals surface area contributed by atoms with Crippen LogP contribution < -0.4 is 10.6 Å². The lowest BCUT2D eigenvalue weighted by Gasteiger charge is -2.40. The van der Waals surface area contributed by atoms with Gasteiger partial charge in [0.15, 0.2) is 0 Å². The first-order valence-corrected chi connectivity index (χ1v) is 9.01. The van der Waals surface area contributed by atoms with Crippen LogP contribution in [0.3, 0.4) is 0 Å². The van der Waals surface area contributed by atoms with Gasteiger partial charge in [-0.1, -0.05) is 24.3 Å². The van der Waals surface area contributed by atoms with Crippen LogP contribution in [0.25, 0.3) is 0 Å². The summed E-state index contributed by atoms with van der Waals surface area (Å²) in [6.45, 7) is 5.73. The molecule has 1 aromatic rings. The van der Waals surface area contributed by atoms with E-state index in [1.807, 2.05) is 18.2 Å². The van der Waals surface area contributed by atoms with Crippen LogP contribution >= 0.6 is 0 Å². The Labute approximate surface area is 148 Å². The van der Waals surface area contributed by atoms with Gasteiger partial charge in [-0.15, -0.1) is 0 Å². The van der Waals surface area contributed by atoms with Gasteiger partial charge in [0, 0.05) is 32.6 Å². The van der Waals surface area contributed by atoms with Gasteiger partial charge in [-0.05, 0) is 30.9 Å². The molecule has 0 aromatic heterocycles. The van der Waals surface area contributed by atoms with Crippen LogP contribution in [-0.2, 0) is 20.9 Å². The summed E-state index contributed by atoms with van der Waals surface area (Å²) in [4.78, 5) is 25.9. The highest BCUT2D eigenvalue weighted by Crippen LogP contribution is 2.27. The number of ether oxygens (including phenoxy) is 1. The molecule has 6 nitrogen and oxygen atoms in total. The predicted octanol–water partition coefficient (Wildman–Crippen LogP) is 0.982. The third-order valence-corrected chi connectivity index (χ3v) is 5.22. The van der Waals surface area contributed by atoms with Crippen LogP contribution in [0.4, 0.5) is 0 Å². The van der Waals surface area contributed by atoms with Gasteiger partial charge in [0.25, 0.3) is 0 Å². The van der Waals surface area contributed by atoms with E-state index in [0.29, 0.717) is 32.7 Å². The van der Waals surface area contributed by atoms with Crippen LogP contribution in [0, 0.1) is 6.92 Å². The van der Waals surface area contributed by atoms with Crippen LogP contribution in [0.1, 0.15) is 30.4 Å². The van der Waals surface area contributed by atoms with E-state index < -0.39 is 0 Å². The van der Waals surface area contributed by atoms with Crippen molar-refractivity contribution in [2.75, 3.05) is 32.8 Å². The quantitative estimate of drug-likeness (QED) is 0.854. The first-order valence-electron chi connectivity index (χ1n) is 9.01. The van der Waals surface area contributed by atoms with Gasteiger partial charge in [0.2, 0.25) is 11.8 Å². The summed E-state index contributed by atoms with van der Waals surface area (Å²) in [6, 6.07) is 8.08. The number of nitrogens with one attached hydrogen (secondary N) is 2. The maximum atomic E-state index is 12.2. The number of likely N-dealkylation sites (tertiary alicyclic amines) is 1. The number of benzene rings is 1. The molecule has 3 rings (SSSR count). The Balaban J connectivity index is 1.43. The fourth-order valence-electron chi connectivity index (χ4n) is 3.46. The van der Waals surface area contributed by atoms with E-state index in [1.54, 1.807) is 0 Å². The molecule has 2 aliphatic heterocycles. The monoisotopic (exact) mass is 345 g/mol. The maximum absolute atomic E-state index is 12.2. The minimum atomic E-state index is -0.250. The minimum Gasteiger partial charge on any atom is -0.373 e. The van der Waals surface area contributed by atoms with Crippen LogP contribution in [0.5, 0.6) is 0 Å². The SMILES string of the molecule is Cc1ccccc1CNC(=O)CN1CCC2(CC1)CNC(=O)CCO2. The zero-order valence-electron chi connectivity index (χ0n) is 14.8. The highest BCUT2D eigenvalue weighted by atomic mass is 16.5. The topological polar surface area (TPSA) is 70.7 Å². The molecule has 1 aromatic carbocycles. The Kier molecular flexibility index (Phi) is 5.71. The number of hydrogen-bond acceptors (Lipinski definition) is 4. The van der Waals surface area contributed by atoms with E-state index >= 15 is 0 Å². The average Bonchev–Trinajstić information content (AvgIpc) is 2.79. The zero-order valence-corrected chi connectivity index (χ0v) is 14.8. The van der Waals surface area contributed by atoms with Crippen molar-refractivity contribution in [3.8, 4) is 0 Å². The van der Waals surface area contributed by atoms with Gasteiger partial charge in [-0.3, -0.25) is 14.5 Å². The number of aryl methyl sites for hydroxylation is 1. The fourth-order valence-corrected chi connectivity index (χ4v) is 3.46. The molecule has 0 bridgehead atoms. The number of piperidine rings is 1. The van der Waals surface area contributed by atoms with Crippen molar-refractivity contribution in [3.05, 3.63) is 35.4 Å². The number of hydrogen-bond donors (Lipinski definition) is 2. The lowest BCUT2D eigenvalue weighted by Crippen LogP contribution is -2.52. The fraction of sp³-hybridized carbons (Fsp3) is 0.579. The average molecular weight is 345 g/mol. The molecule has 0 atom stereocenters. The van der Waals surface area contributed by atoms with Gasteiger partial charge >= 0.3 is 0 Å². The van der Waals surface area contributed by atoms with Gasteiger partial charge in [0.05, 0.1) is 18.8 Å². The summed E-state index contributed by atoms with van der Waals surface area (Å²) in [5, 5.41) is 5.95. The number of carbonyl (C=O) groups excluding carboxylic acids is 2.